The maximum Gasteiger partial charge on any atom is 0.280 e. The van der Waals surface area contributed by atoms with Crippen LogP contribution in [0.15, 0.2) is 11.1 Å². The van der Waals surface area contributed by atoms with Crippen LogP contribution >= 0.6 is 0 Å². The molecule has 0 bridgehead atoms. The smallest absolute Gasteiger partial charge is 0.280 e. The van der Waals surface area contributed by atoms with Crippen molar-refractivity contribution in [2.45, 2.75) is 45.3 Å². The van der Waals surface area contributed by atoms with Crippen LogP contribution in [0.3, 0.4) is 0 Å². The number of H-pyrrole nitrogens is 1. The molecule has 1 saturated heterocycles. The largest absolute Gasteiger partial charge is 0.394 e. The first-order valence-corrected chi connectivity index (χ1v) is 8.94. The van der Waals surface area contributed by atoms with Crippen molar-refractivity contribution in [3.63, 3.8) is 0 Å². The molecule has 4 atom stereocenters. The number of nitrogens with zero attached hydrogens (tertiary/aromatic N) is 4. The first-order valence-electron chi connectivity index (χ1n) is 8.94. The topological polar surface area (TPSA) is 163 Å². The van der Waals surface area contributed by atoms with Gasteiger partial charge in [0, 0.05) is 0 Å². The molecule has 1 fully saturated rings. The third kappa shape index (κ3) is 4.45. The Kier molecular flexibility index (Phi) is 7.27. The molecule has 0 aromatic carbocycles. The molecular weight excluding hydrogens is 356 g/mol. The minimum absolute atomic E-state index is 0.0388. The van der Waals surface area contributed by atoms with E-state index in [9.17, 15) is 15.0 Å². The van der Waals surface area contributed by atoms with Gasteiger partial charge in [0.25, 0.3) is 5.56 Å². The van der Waals surface area contributed by atoms with E-state index >= 15 is 0 Å². The number of aromatic amines is 1. The van der Waals surface area contributed by atoms with Crippen molar-refractivity contribution in [3.05, 3.63) is 16.7 Å². The lowest BCUT2D eigenvalue weighted by Crippen LogP contribution is -2.33. The van der Waals surface area contributed by atoms with Crippen LogP contribution in [0.25, 0.3) is 11.2 Å². The lowest BCUT2D eigenvalue weighted by molar-refractivity contribution is -0.0511. The van der Waals surface area contributed by atoms with Crippen LogP contribution in [0, 0.1) is 0 Å². The summed E-state index contributed by atoms with van der Waals surface area (Å²) < 4.78 is 6.64. The lowest BCUT2D eigenvalue weighted by Gasteiger charge is -2.16. The van der Waals surface area contributed by atoms with Crippen molar-refractivity contribution in [3.8, 4) is 0 Å². The summed E-state index contributed by atoms with van der Waals surface area (Å²) in [7, 11) is 0. The monoisotopic (exact) mass is 384 g/mol. The molecule has 3 heterocycles. The van der Waals surface area contributed by atoms with E-state index in [1.165, 1.54) is 30.5 Å². The highest BCUT2D eigenvalue weighted by atomic mass is 16.6. The molecule has 0 aliphatic carbocycles. The fraction of sp³-hybridized carbons (Fsp3) is 0.688. The Hall–Kier alpha value is -2.05. The summed E-state index contributed by atoms with van der Waals surface area (Å²) in [4.78, 5) is 24.1. The van der Waals surface area contributed by atoms with Crippen LogP contribution in [0.4, 0.5) is 5.95 Å². The Labute approximate surface area is 156 Å². The van der Waals surface area contributed by atoms with E-state index in [1.54, 1.807) is 0 Å². The molecule has 11 heteroatoms. The Morgan fingerprint density at radius 2 is 1.89 bits per heavy atom. The van der Waals surface area contributed by atoms with Gasteiger partial charge in [0.2, 0.25) is 5.95 Å². The van der Waals surface area contributed by atoms with Gasteiger partial charge in [0.15, 0.2) is 17.4 Å². The molecule has 11 nitrogen and oxygen atoms in total. The van der Waals surface area contributed by atoms with Crippen molar-refractivity contribution < 1.29 is 20.1 Å². The van der Waals surface area contributed by atoms with Crippen LogP contribution in [0.1, 0.15) is 27.0 Å². The maximum atomic E-state index is 11.7. The van der Waals surface area contributed by atoms with Gasteiger partial charge in [-0.1, -0.05) is 20.8 Å². The highest BCUT2D eigenvalue weighted by Crippen LogP contribution is 2.30. The second kappa shape index (κ2) is 9.24. The quantitative estimate of drug-likeness (QED) is 0.420. The molecule has 0 spiro atoms. The van der Waals surface area contributed by atoms with Gasteiger partial charge in [0.05, 0.1) is 12.9 Å². The number of ether oxygens (including phenoxy) is 1. The van der Waals surface area contributed by atoms with Gasteiger partial charge in [-0.05, 0) is 19.6 Å². The number of aliphatic hydroxyl groups is 3. The molecule has 2 aromatic rings. The number of aromatic nitrogens is 4. The molecule has 152 valence electrons. The summed E-state index contributed by atoms with van der Waals surface area (Å²) in [6, 6.07) is 0. The number of hydrogen-bond acceptors (Lipinski definition) is 9. The third-order valence-corrected chi connectivity index (χ3v) is 4.58. The number of anilines is 1. The molecular formula is C16H28N6O5. The molecule has 0 unspecified atom stereocenters. The fourth-order valence-electron chi connectivity index (χ4n) is 2.91. The number of nitrogen functional groups attached to an aromatic ring is 1. The minimum atomic E-state index is -1.29. The molecule has 0 radical (unpaired) electrons. The molecule has 0 amide bonds. The summed E-state index contributed by atoms with van der Waals surface area (Å²) in [6.45, 7) is 9.68. The molecule has 27 heavy (non-hydrogen) atoms. The van der Waals surface area contributed by atoms with Gasteiger partial charge >= 0.3 is 0 Å². The van der Waals surface area contributed by atoms with E-state index in [-0.39, 0.29) is 17.1 Å². The lowest BCUT2D eigenvalue weighted by atomic mass is 10.1. The molecule has 3 rings (SSSR count). The van der Waals surface area contributed by atoms with E-state index in [0.29, 0.717) is 0 Å². The first kappa shape index (κ1) is 21.3. The van der Waals surface area contributed by atoms with Crippen molar-refractivity contribution in [1.82, 2.24) is 24.4 Å². The van der Waals surface area contributed by atoms with E-state index in [4.69, 9.17) is 15.6 Å². The Morgan fingerprint density at radius 1 is 1.26 bits per heavy atom. The number of hydrogen-bond donors (Lipinski definition) is 5. The molecule has 1 aliphatic heterocycles. The molecule has 6 N–H and O–H groups in total. The van der Waals surface area contributed by atoms with Crippen LogP contribution in [0.5, 0.6) is 0 Å². The van der Waals surface area contributed by atoms with E-state index < -0.39 is 36.7 Å². The fourth-order valence-corrected chi connectivity index (χ4v) is 2.91. The van der Waals surface area contributed by atoms with Gasteiger partial charge < -0.3 is 30.7 Å². The van der Waals surface area contributed by atoms with Crippen molar-refractivity contribution in [1.29, 1.82) is 0 Å². The minimum Gasteiger partial charge on any atom is -0.394 e. The standard InChI is InChI=1S/C10H13N5O5.C6H15N/c11-10-13-7-4(8(19)14-10)12-2-15(7)9-6(18)5(17)3(1-16)20-9;1-4-7(5-2)6-3/h2-3,5-6,9,16-18H,1H2,(H3,11,13,14,19);4-6H2,1-3H3/t3-,5-,6-,9-;/m1./s1. The second-order valence-corrected chi connectivity index (χ2v) is 6.12. The Balaban J connectivity index is 0.000000321. The average Bonchev–Trinajstić information content (AvgIpc) is 3.19. The zero-order chi connectivity index (χ0) is 20.1. The van der Waals surface area contributed by atoms with Gasteiger partial charge in [-0.3, -0.25) is 14.3 Å². The number of nitrogens with one attached hydrogen (secondary N) is 1. The summed E-state index contributed by atoms with van der Waals surface area (Å²) in [5, 5.41) is 28.7. The zero-order valence-corrected chi connectivity index (χ0v) is 15.7. The summed E-state index contributed by atoms with van der Waals surface area (Å²) >= 11 is 0. The van der Waals surface area contributed by atoms with E-state index in [1.807, 2.05) is 0 Å². The molecule has 1 aliphatic rings. The van der Waals surface area contributed by atoms with Crippen molar-refractivity contribution in [2.75, 3.05) is 32.0 Å². The van der Waals surface area contributed by atoms with E-state index in [0.717, 1.165) is 0 Å². The van der Waals surface area contributed by atoms with Crippen molar-refractivity contribution in [2.24, 2.45) is 0 Å². The van der Waals surface area contributed by atoms with Crippen LogP contribution in [0.2, 0.25) is 0 Å². The van der Waals surface area contributed by atoms with Gasteiger partial charge in [-0.2, -0.15) is 4.98 Å². The van der Waals surface area contributed by atoms with Crippen LogP contribution in [-0.4, -0.2) is 84.3 Å². The predicted molar refractivity (Wildman–Crippen MR) is 99.0 cm³/mol. The first-order chi connectivity index (χ1) is 12.9. The summed E-state index contributed by atoms with van der Waals surface area (Å²) in [5.74, 6) is -0.101. The number of imidazole rings is 1. The molecule has 2 aromatic heterocycles. The highest BCUT2D eigenvalue weighted by molar-refractivity contribution is 5.70. The predicted octanol–water partition coefficient (Wildman–Crippen LogP) is -1.34. The van der Waals surface area contributed by atoms with Crippen LogP contribution < -0.4 is 11.3 Å². The third-order valence-electron chi connectivity index (χ3n) is 4.58. The van der Waals surface area contributed by atoms with E-state index in [2.05, 4.69) is 40.6 Å². The highest BCUT2D eigenvalue weighted by Gasteiger charge is 2.44. The SMILES string of the molecule is CCN(CC)CC.Nc1nc2c(ncn2[C@@H]2O[C@H](CO)[C@@H](O)[C@H]2O)c(=O)[nH]1. The second-order valence-electron chi connectivity index (χ2n) is 6.12. The number of rotatable bonds is 5. The normalized spacial score (nSPS) is 25.0. The number of aliphatic hydroxyl groups excluding tert-OH is 3. The number of fused-ring (bicyclic) bond motifs is 1. The summed E-state index contributed by atoms with van der Waals surface area (Å²) in [6.07, 6.45) is -3.21. The van der Waals surface area contributed by atoms with Crippen molar-refractivity contribution >= 4 is 17.1 Å². The van der Waals surface area contributed by atoms with Gasteiger partial charge in [0.1, 0.15) is 18.3 Å². The summed E-state index contributed by atoms with van der Waals surface area (Å²) in [5.41, 5.74) is 5.12. The average molecular weight is 384 g/mol. The van der Waals surface area contributed by atoms with Crippen LogP contribution in [-0.2, 0) is 4.74 Å². The maximum absolute atomic E-state index is 11.7. The zero-order valence-electron chi connectivity index (χ0n) is 15.7. The van der Waals surface area contributed by atoms with Gasteiger partial charge in [-0.25, -0.2) is 4.98 Å². The number of nitrogens with two attached hydrogens (primary N) is 1. The molecule has 0 saturated carbocycles. The Morgan fingerprint density at radius 3 is 2.37 bits per heavy atom. The Bertz CT molecular complexity index is 784. The van der Waals surface area contributed by atoms with Gasteiger partial charge in [-0.15, -0.1) is 0 Å².